The third-order valence-electron chi connectivity index (χ3n) is 4.00. The van der Waals surface area contributed by atoms with Crippen LogP contribution in [0, 0.1) is 10.1 Å². The van der Waals surface area contributed by atoms with Crippen LogP contribution in [0.15, 0.2) is 77.0 Å². The summed E-state index contributed by atoms with van der Waals surface area (Å²) >= 11 is 5.57. The van der Waals surface area contributed by atoms with Crippen molar-refractivity contribution in [1.29, 1.82) is 0 Å². The van der Waals surface area contributed by atoms with E-state index in [4.69, 9.17) is 11.6 Å². The number of nitro groups is 1. The van der Waals surface area contributed by atoms with Crippen molar-refractivity contribution in [2.75, 3.05) is 10.6 Å². The van der Waals surface area contributed by atoms with Gasteiger partial charge in [-0.05, 0) is 36.4 Å². The number of nitrogens with zero attached hydrogens (tertiary/aromatic N) is 3. The predicted molar refractivity (Wildman–Crippen MR) is 113 cm³/mol. The number of rotatable bonds is 5. The summed E-state index contributed by atoms with van der Waals surface area (Å²) in [4.78, 5) is 22.6. The van der Waals surface area contributed by atoms with Crippen LogP contribution in [0.1, 0.15) is 5.56 Å². The maximum absolute atomic E-state index is 13.0. The van der Waals surface area contributed by atoms with Crippen molar-refractivity contribution in [2.45, 2.75) is 6.18 Å². The van der Waals surface area contributed by atoms with Crippen LogP contribution in [0.25, 0.3) is 0 Å². The largest absolute Gasteiger partial charge is 0.417 e. The van der Waals surface area contributed by atoms with Crippen molar-refractivity contribution in [1.82, 2.24) is 0 Å². The fraction of sp³-hybridized carbons (Fsp3) is 0.0500. The summed E-state index contributed by atoms with van der Waals surface area (Å²) in [5.41, 5.74) is -0.698. The van der Waals surface area contributed by atoms with E-state index in [2.05, 4.69) is 20.9 Å². The Balaban J connectivity index is 1.76. The number of anilines is 2. The van der Waals surface area contributed by atoms with Gasteiger partial charge in [0.2, 0.25) is 0 Å². The second-order valence-corrected chi connectivity index (χ2v) is 6.67. The zero-order chi connectivity index (χ0) is 23.3. The Labute approximate surface area is 183 Å². The van der Waals surface area contributed by atoms with E-state index in [1.54, 1.807) is 12.1 Å². The van der Waals surface area contributed by atoms with Crippen LogP contribution in [-0.2, 0) is 6.18 Å². The van der Waals surface area contributed by atoms with Crippen molar-refractivity contribution < 1.29 is 22.9 Å². The third kappa shape index (κ3) is 5.79. The number of benzene rings is 3. The number of urea groups is 1. The van der Waals surface area contributed by atoms with Crippen molar-refractivity contribution in [3.63, 3.8) is 0 Å². The maximum Gasteiger partial charge on any atom is 0.417 e. The molecule has 164 valence electrons. The lowest BCUT2D eigenvalue weighted by Crippen LogP contribution is -2.20. The molecule has 0 heterocycles. The summed E-state index contributed by atoms with van der Waals surface area (Å²) < 4.78 is 39.0. The predicted octanol–water partition coefficient (Wildman–Crippen LogP) is 7.33. The van der Waals surface area contributed by atoms with Gasteiger partial charge in [0.25, 0.3) is 5.69 Å². The molecule has 0 saturated carbocycles. The first-order valence-corrected chi connectivity index (χ1v) is 9.21. The average molecular weight is 464 g/mol. The zero-order valence-electron chi connectivity index (χ0n) is 15.9. The summed E-state index contributed by atoms with van der Waals surface area (Å²) in [6, 6.07) is 13.9. The van der Waals surface area contributed by atoms with Crippen LogP contribution in [0.5, 0.6) is 0 Å². The molecule has 0 spiro atoms. The average Bonchev–Trinajstić information content (AvgIpc) is 2.74. The number of carbonyl (C=O) groups is 1. The van der Waals surface area contributed by atoms with E-state index >= 15 is 0 Å². The summed E-state index contributed by atoms with van der Waals surface area (Å²) in [5, 5.41) is 23.1. The lowest BCUT2D eigenvalue weighted by atomic mass is 10.2. The Morgan fingerprint density at radius 2 is 1.72 bits per heavy atom. The Kier molecular flexibility index (Phi) is 6.69. The molecule has 3 aromatic carbocycles. The minimum atomic E-state index is -4.68. The maximum atomic E-state index is 13.0. The molecule has 32 heavy (non-hydrogen) atoms. The number of nitrogens with one attached hydrogen (secondary N) is 2. The second-order valence-electron chi connectivity index (χ2n) is 6.27. The number of non-ortho nitro benzene ring substituents is 1. The molecule has 0 aliphatic heterocycles. The fourth-order valence-corrected chi connectivity index (χ4v) is 2.78. The molecule has 2 amide bonds. The molecule has 0 unspecified atom stereocenters. The van der Waals surface area contributed by atoms with E-state index in [9.17, 15) is 28.1 Å². The Morgan fingerprint density at radius 3 is 2.44 bits per heavy atom. The highest BCUT2D eigenvalue weighted by atomic mass is 35.5. The lowest BCUT2D eigenvalue weighted by molar-refractivity contribution is -0.384. The highest BCUT2D eigenvalue weighted by Crippen LogP contribution is 2.36. The van der Waals surface area contributed by atoms with E-state index in [0.29, 0.717) is 0 Å². The van der Waals surface area contributed by atoms with Crippen molar-refractivity contribution >= 4 is 46.1 Å². The highest BCUT2D eigenvalue weighted by Gasteiger charge is 2.33. The second kappa shape index (κ2) is 9.43. The molecule has 0 aromatic heterocycles. The molecule has 0 fully saturated rings. The molecule has 0 aliphatic rings. The van der Waals surface area contributed by atoms with Gasteiger partial charge in [-0.1, -0.05) is 29.8 Å². The molecule has 0 aliphatic carbocycles. The number of nitro benzene ring substituents is 1. The van der Waals surface area contributed by atoms with Crippen LogP contribution < -0.4 is 10.6 Å². The van der Waals surface area contributed by atoms with Gasteiger partial charge in [0, 0.05) is 17.8 Å². The first kappa shape index (κ1) is 22.7. The van der Waals surface area contributed by atoms with Crippen molar-refractivity contribution in [2.24, 2.45) is 10.2 Å². The number of halogens is 4. The molecule has 0 bridgehead atoms. The van der Waals surface area contributed by atoms with Crippen molar-refractivity contribution in [3.8, 4) is 0 Å². The Hall–Kier alpha value is -3.99. The van der Waals surface area contributed by atoms with Gasteiger partial charge in [-0.2, -0.15) is 18.3 Å². The summed E-state index contributed by atoms with van der Waals surface area (Å²) in [5.74, 6) is 0. The molecular formula is C20H13ClF3N5O3. The third-order valence-corrected chi connectivity index (χ3v) is 4.33. The van der Waals surface area contributed by atoms with E-state index in [0.717, 1.165) is 12.1 Å². The van der Waals surface area contributed by atoms with E-state index in [-0.39, 0.29) is 28.4 Å². The van der Waals surface area contributed by atoms with Gasteiger partial charge in [-0.3, -0.25) is 10.1 Å². The topological polar surface area (TPSA) is 109 Å². The molecule has 0 atom stereocenters. The molecular weight excluding hydrogens is 451 g/mol. The highest BCUT2D eigenvalue weighted by molar-refractivity contribution is 6.31. The lowest BCUT2D eigenvalue weighted by Gasteiger charge is -2.13. The summed E-state index contributed by atoms with van der Waals surface area (Å²) in [7, 11) is 0. The molecule has 12 heteroatoms. The van der Waals surface area contributed by atoms with Gasteiger partial charge >= 0.3 is 12.2 Å². The van der Waals surface area contributed by atoms with Gasteiger partial charge in [0.1, 0.15) is 5.69 Å². The molecule has 0 radical (unpaired) electrons. The van der Waals surface area contributed by atoms with Gasteiger partial charge in [-0.25, -0.2) is 4.79 Å². The number of alkyl halides is 3. The van der Waals surface area contributed by atoms with Gasteiger partial charge < -0.3 is 10.6 Å². The minimum Gasteiger partial charge on any atom is -0.308 e. The first-order chi connectivity index (χ1) is 15.1. The first-order valence-electron chi connectivity index (χ1n) is 8.83. The van der Waals surface area contributed by atoms with Gasteiger partial charge in [-0.15, -0.1) is 5.11 Å². The quantitative estimate of drug-likeness (QED) is 0.235. The van der Waals surface area contributed by atoms with Crippen molar-refractivity contribution in [3.05, 3.63) is 87.4 Å². The SMILES string of the molecule is O=C(Nc1ccc(Cl)c(C(F)(F)F)c1)Nc1ccccc1/N=N/c1cccc([N+](=O)[O-])c1. The standard InChI is InChI=1S/C20H13ClF3N5O3/c21-16-9-8-12(11-15(16)20(22,23)24)25-19(30)26-17-6-1-2-7-18(17)28-27-13-4-3-5-14(10-13)29(31)32/h1-11H,(H2,25,26,30)/b28-27+. The van der Waals surface area contributed by atoms with Crippen LogP contribution in [0.4, 0.5) is 46.4 Å². The molecule has 3 aromatic rings. The number of hydrogen-bond acceptors (Lipinski definition) is 5. The van der Waals surface area contributed by atoms with Gasteiger partial charge in [0.15, 0.2) is 0 Å². The smallest absolute Gasteiger partial charge is 0.308 e. The number of para-hydroxylation sites is 1. The molecule has 3 rings (SSSR count). The van der Waals surface area contributed by atoms with E-state index < -0.39 is 27.7 Å². The number of amides is 2. The Morgan fingerprint density at radius 1 is 0.969 bits per heavy atom. The van der Waals surface area contributed by atoms with E-state index in [1.807, 2.05) is 0 Å². The van der Waals surface area contributed by atoms with E-state index in [1.165, 1.54) is 42.5 Å². The zero-order valence-corrected chi connectivity index (χ0v) is 16.7. The fourth-order valence-electron chi connectivity index (χ4n) is 2.55. The van der Waals surface area contributed by atoms with Crippen LogP contribution >= 0.6 is 11.6 Å². The molecule has 8 nitrogen and oxygen atoms in total. The molecule has 2 N–H and O–H groups in total. The number of hydrogen-bond donors (Lipinski definition) is 2. The monoisotopic (exact) mass is 463 g/mol. The summed E-state index contributed by atoms with van der Waals surface area (Å²) in [6.45, 7) is 0. The number of carbonyl (C=O) groups excluding carboxylic acids is 1. The van der Waals surface area contributed by atoms with Crippen LogP contribution in [0.2, 0.25) is 5.02 Å². The normalized spacial score (nSPS) is 11.4. The van der Waals surface area contributed by atoms with Crippen LogP contribution in [-0.4, -0.2) is 11.0 Å². The molecule has 0 saturated heterocycles. The van der Waals surface area contributed by atoms with Gasteiger partial charge in [0.05, 0.1) is 26.9 Å². The van der Waals surface area contributed by atoms with Crippen LogP contribution in [0.3, 0.4) is 0 Å². The number of azo groups is 1. The minimum absolute atomic E-state index is 0.116. The Bertz CT molecular complexity index is 1200. The summed E-state index contributed by atoms with van der Waals surface area (Å²) in [6.07, 6.45) is -4.68.